The van der Waals surface area contributed by atoms with Gasteiger partial charge in [0.25, 0.3) is 5.78 Å². The fourth-order valence-corrected chi connectivity index (χ4v) is 9.70. The Bertz CT molecular complexity index is 1440. The molecule has 2 saturated carbocycles. The van der Waals surface area contributed by atoms with Crippen molar-refractivity contribution >= 4 is 23.3 Å². The fourth-order valence-electron chi connectivity index (χ4n) is 9.70. The van der Waals surface area contributed by atoms with Gasteiger partial charge in [-0.1, -0.05) is 50.5 Å². The van der Waals surface area contributed by atoms with Crippen molar-refractivity contribution in [2.45, 2.75) is 147 Å². The second kappa shape index (κ2) is 20.9. The van der Waals surface area contributed by atoms with Gasteiger partial charge < -0.3 is 39.7 Å². The Kier molecular flexibility index (Phi) is 17.2. The summed E-state index contributed by atoms with van der Waals surface area (Å²) in [7, 11) is 1.50. The van der Waals surface area contributed by atoms with Crippen molar-refractivity contribution in [3.05, 3.63) is 36.0 Å². The highest BCUT2D eigenvalue weighted by molar-refractivity contribution is 6.40. The summed E-state index contributed by atoms with van der Waals surface area (Å²) < 4.78 is 18.2. The Morgan fingerprint density at radius 1 is 0.946 bits per heavy atom. The minimum absolute atomic E-state index is 0.00698. The molecular weight excluding hydrogens is 720 g/mol. The zero-order valence-corrected chi connectivity index (χ0v) is 34.1. The number of ether oxygens (including phenoxy) is 3. The molecule has 2 aliphatic heterocycles. The number of methoxy groups -OCH3 is 1. The Hall–Kier alpha value is -2.58. The first-order valence-electron chi connectivity index (χ1n) is 20.9. The number of Topliss-reactive ketones (excluding diaryl/α,β-unsaturated/α-hetero) is 3. The van der Waals surface area contributed by atoms with Crippen molar-refractivity contribution in [2.24, 2.45) is 47.3 Å². The number of rotatable bonds is 7. The van der Waals surface area contributed by atoms with E-state index >= 15 is 0 Å². The molecule has 2 heterocycles. The number of carbonyl (C=O) groups is 4. The van der Waals surface area contributed by atoms with Gasteiger partial charge in [0.15, 0.2) is 0 Å². The molecule has 3 unspecified atom stereocenters. The summed E-state index contributed by atoms with van der Waals surface area (Å²) in [5.74, 6) is -9.56. The molecule has 316 valence electrons. The third-order valence-corrected chi connectivity index (χ3v) is 13.1. The predicted octanol–water partition coefficient (Wildman–Crippen LogP) is 4.57. The summed E-state index contributed by atoms with van der Waals surface area (Å²) in [6.45, 7) is 10.9. The number of hydrogen-bond donors (Lipinski definition) is 5. The van der Waals surface area contributed by atoms with Gasteiger partial charge in [-0.25, -0.2) is 0 Å². The van der Waals surface area contributed by atoms with Crippen LogP contribution in [0.25, 0.3) is 0 Å². The summed E-state index contributed by atoms with van der Waals surface area (Å²) in [6.07, 6.45) is 5.75. The lowest BCUT2D eigenvalue weighted by molar-refractivity contribution is -0.273. The molecule has 2 aliphatic carbocycles. The number of hydrogen-bond acceptors (Lipinski definition) is 12. The van der Waals surface area contributed by atoms with Crippen LogP contribution in [0, 0.1) is 47.3 Å². The van der Waals surface area contributed by atoms with Gasteiger partial charge in [-0.15, -0.1) is 6.58 Å². The van der Waals surface area contributed by atoms with Crippen LogP contribution < -0.4 is 0 Å². The average Bonchev–Trinajstić information content (AvgIpc) is 3.18. The maximum Gasteiger partial charge on any atom is 0.310 e. The van der Waals surface area contributed by atoms with E-state index in [4.69, 9.17) is 14.2 Å². The van der Waals surface area contributed by atoms with E-state index in [0.717, 1.165) is 5.57 Å². The van der Waals surface area contributed by atoms with Crippen molar-refractivity contribution in [1.29, 1.82) is 0 Å². The monoisotopic (exact) mass is 788 g/mol. The van der Waals surface area contributed by atoms with Gasteiger partial charge in [-0.2, -0.15) is 0 Å². The average molecular weight is 789 g/mol. The summed E-state index contributed by atoms with van der Waals surface area (Å²) >= 11 is 0. The highest BCUT2D eigenvalue weighted by Gasteiger charge is 2.53. The molecular formula is C44H68O12. The van der Waals surface area contributed by atoms with Crippen LogP contribution in [0.5, 0.6) is 0 Å². The first kappa shape index (κ1) is 46.1. The number of allylic oxidation sites excluding steroid dienone is 4. The zero-order chi connectivity index (χ0) is 41.3. The maximum absolute atomic E-state index is 14.3. The molecule has 4 aliphatic rings. The molecule has 0 aromatic heterocycles. The van der Waals surface area contributed by atoms with Crippen LogP contribution >= 0.6 is 0 Å². The lowest BCUT2D eigenvalue weighted by Gasteiger charge is -2.43. The molecule has 56 heavy (non-hydrogen) atoms. The van der Waals surface area contributed by atoms with E-state index in [1.54, 1.807) is 19.9 Å². The molecule has 0 radical (unpaired) electrons. The van der Waals surface area contributed by atoms with Crippen molar-refractivity contribution < 1.29 is 58.9 Å². The molecule has 0 spiro atoms. The number of carbonyl (C=O) groups excluding carboxylic acids is 4. The summed E-state index contributed by atoms with van der Waals surface area (Å²) in [4.78, 5) is 56.3. The molecule has 0 amide bonds. The first-order chi connectivity index (χ1) is 26.6. The number of cyclic esters (lactones) is 1. The van der Waals surface area contributed by atoms with E-state index in [2.05, 4.69) is 6.58 Å². The summed E-state index contributed by atoms with van der Waals surface area (Å²) in [6, 6.07) is 0. The minimum Gasteiger partial charge on any atom is -0.457 e. The molecule has 2 bridgehead atoms. The standard InChI is InChI=1S/C44H68O12/c1-7-10-30-18-25(2)17-26(3)19-38(54-6)41-31(23-45)15-16-44(53,56-41)42(51)39(50)33-11-8-9-12-34(33)43(52)55-40(28(5)36(48)22-37(30)49)27(4)20-29-13-14-35(47)32(21-29)24-46/h7,18,20,26,28-36,38,40-41,45-48,53H,1,8-17,19,21-24H2,2-6H3/b25-18+,27-20+/t26-,28+,29-,30?,31+,32-,33?,34?,35+,36-,38-,40+,41-,44+/m0/s1. The van der Waals surface area contributed by atoms with Crippen LogP contribution in [0.15, 0.2) is 36.0 Å². The Morgan fingerprint density at radius 2 is 1.62 bits per heavy atom. The molecule has 1 saturated heterocycles. The molecule has 0 aromatic carbocycles. The Labute approximate surface area is 332 Å². The van der Waals surface area contributed by atoms with Gasteiger partial charge in [0.2, 0.25) is 11.6 Å². The number of aliphatic hydroxyl groups is 5. The van der Waals surface area contributed by atoms with Crippen LogP contribution in [0.2, 0.25) is 0 Å². The number of aliphatic hydroxyl groups excluding tert-OH is 4. The van der Waals surface area contributed by atoms with Gasteiger partial charge in [-0.05, 0) is 89.0 Å². The molecule has 5 N–H and O–H groups in total. The number of esters is 1. The first-order valence-corrected chi connectivity index (χ1v) is 20.9. The lowest BCUT2D eigenvalue weighted by atomic mass is 9.74. The molecule has 4 rings (SSSR count). The SMILES string of the molecule is C=CCC1/C=C(\C)C[C@H](C)C[C@H](OC)[C@H]2O[C@](O)(CC[C@@H]2CO)C(=O)C(=O)C2CCCCC2C(=O)O[C@H](/C(C)=C/[C@@H]2CC[C@@H](O)[C@H](CO)C2)[C@H](C)[C@@H](O)CC1=O. The second-order valence-electron chi connectivity index (χ2n) is 17.5. The number of fused-ring (bicyclic) bond motifs is 3. The van der Waals surface area contributed by atoms with Gasteiger partial charge in [0, 0.05) is 62.8 Å². The van der Waals surface area contributed by atoms with E-state index < -0.39 is 83.4 Å². The quantitative estimate of drug-likeness (QED) is 0.137. The molecule has 3 fully saturated rings. The topological polar surface area (TPSA) is 197 Å². The van der Waals surface area contributed by atoms with E-state index in [0.29, 0.717) is 56.9 Å². The highest BCUT2D eigenvalue weighted by Crippen LogP contribution is 2.40. The normalized spacial score (nSPS) is 41.4. The Morgan fingerprint density at radius 3 is 2.27 bits per heavy atom. The van der Waals surface area contributed by atoms with Gasteiger partial charge in [0.05, 0.1) is 30.3 Å². The van der Waals surface area contributed by atoms with Crippen molar-refractivity contribution in [2.75, 3.05) is 20.3 Å². The van der Waals surface area contributed by atoms with E-state index in [1.807, 2.05) is 26.0 Å². The van der Waals surface area contributed by atoms with Gasteiger partial charge >= 0.3 is 5.97 Å². The van der Waals surface area contributed by atoms with Crippen molar-refractivity contribution in [3.63, 3.8) is 0 Å². The van der Waals surface area contributed by atoms with Crippen LogP contribution in [0.1, 0.15) is 111 Å². The predicted molar refractivity (Wildman–Crippen MR) is 209 cm³/mol. The van der Waals surface area contributed by atoms with Crippen LogP contribution in [-0.4, -0.2) is 105 Å². The second-order valence-corrected chi connectivity index (χ2v) is 17.5. The molecule has 12 nitrogen and oxygen atoms in total. The molecule has 0 aromatic rings. The van der Waals surface area contributed by atoms with Crippen LogP contribution in [0.3, 0.4) is 0 Å². The summed E-state index contributed by atoms with van der Waals surface area (Å²) in [5.41, 5.74) is 1.58. The third kappa shape index (κ3) is 11.3. The number of ketones is 3. The lowest BCUT2D eigenvalue weighted by Crippen LogP contribution is -2.58. The molecule has 14 atom stereocenters. The van der Waals surface area contributed by atoms with E-state index in [1.165, 1.54) is 7.11 Å². The molecule has 12 heteroatoms. The largest absolute Gasteiger partial charge is 0.457 e. The van der Waals surface area contributed by atoms with Gasteiger partial charge in [-0.3, -0.25) is 19.2 Å². The van der Waals surface area contributed by atoms with Gasteiger partial charge in [0.1, 0.15) is 11.9 Å². The third-order valence-electron chi connectivity index (χ3n) is 13.1. The highest BCUT2D eigenvalue weighted by atomic mass is 16.6. The van der Waals surface area contributed by atoms with Crippen LogP contribution in [-0.2, 0) is 33.4 Å². The summed E-state index contributed by atoms with van der Waals surface area (Å²) in [5, 5.41) is 53.9. The maximum atomic E-state index is 14.3. The van der Waals surface area contributed by atoms with Crippen LogP contribution in [0.4, 0.5) is 0 Å². The Balaban J connectivity index is 1.76. The van der Waals surface area contributed by atoms with Crippen molar-refractivity contribution in [1.82, 2.24) is 0 Å². The van der Waals surface area contributed by atoms with E-state index in [-0.39, 0.29) is 68.9 Å². The van der Waals surface area contributed by atoms with E-state index in [9.17, 15) is 44.7 Å². The zero-order valence-electron chi connectivity index (χ0n) is 34.1. The smallest absolute Gasteiger partial charge is 0.310 e. The fraction of sp³-hybridized carbons (Fsp3) is 0.773. The minimum atomic E-state index is -2.47. The van der Waals surface area contributed by atoms with Crippen molar-refractivity contribution in [3.8, 4) is 0 Å².